The van der Waals surface area contributed by atoms with E-state index in [9.17, 15) is 0 Å². The number of rotatable bonds is 13. The minimum Gasteiger partial charge on any atom is -0.350 e. The number of hydrogen-bond donors (Lipinski definition) is 1. The van der Waals surface area contributed by atoms with Gasteiger partial charge in [0.05, 0.1) is 0 Å². The topological polar surface area (TPSA) is 15.3 Å². The highest BCUT2D eigenvalue weighted by Gasteiger charge is 2.28. The van der Waals surface area contributed by atoms with Crippen LogP contribution in [0.25, 0.3) is 0 Å². The van der Waals surface area contributed by atoms with Crippen molar-refractivity contribution < 1.29 is 0 Å². The first-order chi connectivity index (χ1) is 14.2. The van der Waals surface area contributed by atoms with Gasteiger partial charge in [-0.2, -0.15) is 0 Å². The summed E-state index contributed by atoms with van der Waals surface area (Å²) >= 11 is 0. The lowest BCUT2D eigenvalue weighted by Gasteiger charge is -2.41. The molecular weight excluding hydrogens is 352 g/mol. The molecule has 0 aromatic carbocycles. The van der Waals surface area contributed by atoms with Crippen LogP contribution in [0.1, 0.15) is 33.6 Å². The second-order valence-corrected chi connectivity index (χ2v) is 6.76. The van der Waals surface area contributed by atoms with E-state index >= 15 is 0 Å². The second-order valence-electron chi connectivity index (χ2n) is 6.76. The van der Waals surface area contributed by atoms with Crippen LogP contribution in [0, 0.1) is 5.92 Å². The second kappa shape index (κ2) is 15.4. The lowest BCUT2D eigenvalue weighted by molar-refractivity contribution is 0.286. The molecule has 1 N–H and O–H groups in total. The lowest BCUT2D eigenvalue weighted by Crippen LogP contribution is -2.39. The molecule has 1 heterocycles. The van der Waals surface area contributed by atoms with Gasteiger partial charge in [0.25, 0.3) is 0 Å². The molecule has 1 rings (SSSR count). The fourth-order valence-electron chi connectivity index (χ4n) is 3.02. The zero-order valence-corrected chi connectivity index (χ0v) is 18.5. The quantitative estimate of drug-likeness (QED) is 0.215. The van der Waals surface area contributed by atoms with Crippen molar-refractivity contribution >= 4 is 0 Å². The van der Waals surface area contributed by atoms with Gasteiger partial charge < -0.3 is 10.2 Å². The SMILES string of the molecule is C=C/C=C\C=C/N1CC(/C=C\CC)/C1=C/C(=C\CC)C(/C=C\C=C)=C/CNCC. The van der Waals surface area contributed by atoms with Crippen LogP contribution in [0.5, 0.6) is 0 Å². The maximum absolute atomic E-state index is 3.82. The Labute approximate surface area is 178 Å². The molecule has 1 saturated heterocycles. The van der Waals surface area contributed by atoms with Gasteiger partial charge in [0.2, 0.25) is 0 Å². The van der Waals surface area contributed by atoms with Gasteiger partial charge in [-0.15, -0.1) is 0 Å². The zero-order chi connectivity index (χ0) is 21.3. The minimum absolute atomic E-state index is 0.460. The van der Waals surface area contributed by atoms with Crippen molar-refractivity contribution in [1.82, 2.24) is 10.2 Å². The molecule has 1 fully saturated rings. The maximum atomic E-state index is 3.82. The Balaban J connectivity index is 3.24. The Morgan fingerprint density at radius 1 is 1.00 bits per heavy atom. The maximum Gasteiger partial charge on any atom is 0.0352 e. The van der Waals surface area contributed by atoms with E-state index in [4.69, 9.17) is 0 Å². The summed E-state index contributed by atoms with van der Waals surface area (Å²) in [6, 6.07) is 0. The third-order valence-corrected chi connectivity index (χ3v) is 4.52. The van der Waals surface area contributed by atoms with Crippen molar-refractivity contribution in [1.29, 1.82) is 0 Å². The van der Waals surface area contributed by atoms with Gasteiger partial charge >= 0.3 is 0 Å². The van der Waals surface area contributed by atoms with Crippen LogP contribution in [0.2, 0.25) is 0 Å². The molecule has 0 aliphatic carbocycles. The highest BCUT2D eigenvalue weighted by Crippen LogP contribution is 2.33. The standard InChI is InChI=1S/C27H38N2/c1-6-11-14-15-21-29-23-26(18-13-8-3)27(29)22-25(16-9-4)24(17-12-7-2)19-20-28-10-5/h6-7,11-19,21-22,26,28H,1-2,8-10,20,23H2,3-5H3/b14-11-,17-12-,18-13-,21-15-,24-19+,25-16+,27-22-. The molecule has 29 heavy (non-hydrogen) atoms. The summed E-state index contributed by atoms with van der Waals surface area (Å²) in [5.41, 5.74) is 3.81. The van der Waals surface area contributed by atoms with Gasteiger partial charge in [0.1, 0.15) is 0 Å². The van der Waals surface area contributed by atoms with E-state index in [1.165, 1.54) is 16.8 Å². The van der Waals surface area contributed by atoms with Crippen molar-refractivity contribution in [2.45, 2.75) is 33.6 Å². The van der Waals surface area contributed by atoms with Gasteiger partial charge in [-0.05, 0) is 42.7 Å². The van der Waals surface area contributed by atoms with Gasteiger partial charge in [-0.25, -0.2) is 0 Å². The summed E-state index contributed by atoms with van der Waals surface area (Å²) in [6.45, 7) is 16.9. The molecule has 0 aromatic rings. The molecule has 0 aromatic heterocycles. The minimum atomic E-state index is 0.460. The third kappa shape index (κ3) is 8.97. The average molecular weight is 391 g/mol. The average Bonchev–Trinajstić information content (AvgIpc) is 2.72. The number of hydrogen-bond acceptors (Lipinski definition) is 2. The summed E-state index contributed by atoms with van der Waals surface area (Å²) in [7, 11) is 0. The van der Waals surface area contributed by atoms with Crippen LogP contribution >= 0.6 is 0 Å². The van der Waals surface area contributed by atoms with E-state index in [2.05, 4.69) is 92.9 Å². The van der Waals surface area contributed by atoms with Crippen LogP contribution in [0.15, 0.2) is 109 Å². The molecule has 2 heteroatoms. The Morgan fingerprint density at radius 2 is 1.79 bits per heavy atom. The summed E-state index contributed by atoms with van der Waals surface area (Å²) in [5, 5.41) is 3.39. The molecule has 0 amide bonds. The monoisotopic (exact) mass is 390 g/mol. The lowest BCUT2D eigenvalue weighted by atomic mass is 9.90. The Bertz CT molecular complexity index is 711. The number of allylic oxidation sites excluding steroid dienone is 12. The molecule has 1 atom stereocenters. The molecule has 156 valence electrons. The molecule has 0 saturated carbocycles. The Kier molecular flexibility index (Phi) is 13.0. The molecule has 1 aliphatic heterocycles. The Hall–Kier alpha value is -2.58. The van der Waals surface area contributed by atoms with E-state index in [0.29, 0.717) is 5.92 Å². The van der Waals surface area contributed by atoms with E-state index in [-0.39, 0.29) is 0 Å². The Morgan fingerprint density at radius 3 is 2.45 bits per heavy atom. The fourth-order valence-corrected chi connectivity index (χ4v) is 3.02. The molecule has 0 radical (unpaired) electrons. The van der Waals surface area contributed by atoms with Gasteiger partial charge in [0, 0.05) is 30.9 Å². The number of nitrogens with zero attached hydrogens (tertiary/aromatic N) is 1. The van der Waals surface area contributed by atoms with Crippen LogP contribution in [-0.4, -0.2) is 24.5 Å². The van der Waals surface area contributed by atoms with Crippen LogP contribution < -0.4 is 5.32 Å². The largest absolute Gasteiger partial charge is 0.350 e. The highest BCUT2D eigenvalue weighted by molar-refractivity contribution is 5.50. The van der Waals surface area contributed by atoms with Crippen LogP contribution in [0.3, 0.4) is 0 Å². The predicted octanol–water partition coefficient (Wildman–Crippen LogP) is 6.64. The van der Waals surface area contributed by atoms with Gasteiger partial charge in [-0.1, -0.05) is 94.7 Å². The van der Waals surface area contributed by atoms with E-state index in [1.54, 1.807) is 6.08 Å². The molecule has 0 spiro atoms. The summed E-state index contributed by atoms with van der Waals surface area (Å²) in [6.07, 6.45) is 29.5. The number of likely N-dealkylation sites (tertiary alicyclic amines) is 1. The first kappa shape index (κ1) is 24.5. The van der Waals surface area contributed by atoms with Crippen molar-refractivity contribution in [3.63, 3.8) is 0 Å². The first-order valence-electron chi connectivity index (χ1n) is 10.7. The molecular formula is C27H38N2. The molecule has 1 aliphatic rings. The van der Waals surface area contributed by atoms with Crippen molar-refractivity contribution in [3.05, 3.63) is 109 Å². The zero-order valence-electron chi connectivity index (χ0n) is 18.5. The number of likely N-dealkylation sites (N-methyl/N-ethyl adjacent to an activating group) is 1. The normalized spacial score (nSPS) is 19.9. The van der Waals surface area contributed by atoms with Crippen LogP contribution in [0.4, 0.5) is 0 Å². The van der Waals surface area contributed by atoms with E-state index in [0.717, 1.165) is 32.5 Å². The highest BCUT2D eigenvalue weighted by atomic mass is 15.2. The summed E-state index contributed by atoms with van der Waals surface area (Å²) in [5.74, 6) is 0.460. The van der Waals surface area contributed by atoms with Crippen molar-refractivity contribution in [2.24, 2.45) is 5.92 Å². The van der Waals surface area contributed by atoms with Gasteiger partial charge in [0.15, 0.2) is 0 Å². The third-order valence-electron chi connectivity index (χ3n) is 4.52. The van der Waals surface area contributed by atoms with E-state index in [1.807, 2.05) is 24.3 Å². The number of nitrogens with one attached hydrogen (secondary N) is 1. The van der Waals surface area contributed by atoms with Crippen LogP contribution in [-0.2, 0) is 0 Å². The first-order valence-corrected chi connectivity index (χ1v) is 10.7. The summed E-state index contributed by atoms with van der Waals surface area (Å²) in [4.78, 5) is 2.32. The van der Waals surface area contributed by atoms with Crippen molar-refractivity contribution in [3.8, 4) is 0 Å². The molecule has 2 nitrogen and oxygen atoms in total. The van der Waals surface area contributed by atoms with Gasteiger partial charge in [-0.3, -0.25) is 0 Å². The van der Waals surface area contributed by atoms with Crippen molar-refractivity contribution in [2.75, 3.05) is 19.6 Å². The fraction of sp³-hybridized carbons (Fsp3) is 0.333. The predicted molar refractivity (Wildman–Crippen MR) is 131 cm³/mol. The van der Waals surface area contributed by atoms with E-state index < -0.39 is 0 Å². The summed E-state index contributed by atoms with van der Waals surface area (Å²) < 4.78 is 0. The smallest absolute Gasteiger partial charge is 0.0352 e. The molecule has 1 unspecified atom stereocenters. The molecule has 0 bridgehead atoms.